The van der Waals surface area contributed by atoms with Crippen molar-refractivity contribution in [2.45, 2.75) is 6.42 Å². The van der Waals surface area contributed by atoms with Gasteiger partial charge in [0.05, 0.1) is 0 Å². The Morgan fingerprint density at radius 3 is 2.75 bits per heavy atom. The Morgan fingerprint density at radius 2 is 2.62 bits per heavy atom. The second-order valence-electron chi connectivity index (χ2n) is 1.64. The molecule has 1 aliphatic rings. The van der Waals surface area contributed by atoms with Crippen molar-refractivity contribution in [2.24, 2.45) is 0 Å². The summed E-state index contributed by atoms with van der Waals surface area (Å²) < 4.78 is 0. The number of carbonyl (C=O) groups excluding carboxylic acids is 1. The fourth-order valence-corrected chi connectivity index (χ4v) is 0.540. The highest BCUT2D eigenvalue weighted by Crippen LogP contribution is 2.06. The highest BCUT2D eigenvalue weighted by Gasteiger charge is 2.13. The summed E-state index contributed by atoms with van der Waals surface area (Å²) in [5, 5.41) is 2.49. The lowest BCUT2D eigenvalue weighted by Gasteiger charge is -2.11. The smallest absolute Gasteiger partial charge is 0.252 e. The number of nitrogens with one attached hydrogen (secondary N) is 1. The molecule has 1 N–H and O–H groups in total. The maximum Gasteiger partial charge on any atom is 0.252 e. The highest BCUT2D eigenvalue weighted by atomic mass is 16.2. The molecule has 0 aromatic carbocycles. The molecule has 0 spiro atoms. The van der Waals surface area contributed by atoms with E-state index in [4.69, 9.17) is 0 Å². The third-order valence-corrected chi connectivity index (χ3v) is 1.03. The molecule has 0 fully saturated rings. The van der Waals surface area contributed by atoms with Gasteiger partial charge < -0.3 is 5.32 Å². The van der Waals surface area contributed by atoms with Crippen molar-refractivity contribution in [2.75, 3.05) is 0 Å². The van der Waals surface area contributed by atoms with Gasteiger partial charge in [0.25, 0.3) is 5.91 Å². The minimum atomic E-state index is 0.0323. The lowest BCUT2D eigenvalue weighted by atomic mass is 10.1. The summed E-state index contributed by atoms with van der Waals surface area (Å²) in [5.41, 5.74) is 0.819. The van der Waals surface area contributed by atoms with Crippen molar-refractivity contribution in [1.82, 2.24) is 5.32 Å². The second-order valence-corrected chi connectivity index (χ2v) is 1.64. The van der Waals surface area contributed by atoms with Gasteiger partial charge in [0.2, 0.25) is 0 Å². The van der Waals surface area contributed by atoms with Crippen LogP contribution in [0.2, 0.25) is 0 Å². The van der Waals surface area contributed by atoms with Crippen molar-refractivity contribution in [3.05, 3.63) is 24.4 Å². The predicted octanol–water partition coefficient (Wildman–Crippen LogP) is 0.576. The van der Waals surface area contributed by atoms with Crippen molar-refractivity contribution in [3.8, 4) is 0 Å². The third-order valence-electron chi connectivity index (χ3n) is 1.03. The number of rotatable bonds is 2. The van der Waals surface area contributed by atoms with Gasteiger partial charge in [-0.15, -0.1) is 6.58 Å². The van der Waals surface area contributed by atoms with Crippen LogP contribution in [-0.4, -0.2) is 5.91 Å². The molecule has 1 amide bonds. The second kappa shape index (κ2) is 1.82. The molecule has 2 nitrogen and oxygen atoms in total. The first-order valence-electron chi connectivity index (χ1n) is 2.45. The molecule has 1 heterocycles. The number of hydrogen-bond acceptors (Lipinski definition) is 1. The molecule has 2 heteroatoms. The zero-order valence-corrected chi connectivity index (χ0v) is 4.48. The van der Waals surface area contributed by atoms with E-state index in [2.05, 4.69) is 11.9 Å². The van der Waals surface area contributed by atoms with Crippen LogP contribution in [0.5, 0.6) is 0 Å². The SMILES string of the molecule is C=CCC1=CNC1=O. The molecule has 0 aliphatic carbocycles. The van der Waals surface area contributed by atoms with Crippen LogP contribution in [0.1, 0.15) is 6.42 Å². The van der Waals surface area contributed by atoms with E-state index in [0.717, 1.165) is 5.57 Å². The number of amides is 1. The van der Waals surface area contributed by atoms with Crippen LogP contribution in [0, 0.1) is 0 Å². The van der Waals surface area contributed by atoms with E-state index in [1.165, 1.54) is 0 Å². The Balaban J connectivity index is 2.48. The van der Waals surface area contributed by atoms with Gasteiger partial charge >= 0.3 is 0 Å². The fraction of sp³-hybridized carbons (Fsp3) is 0.167. The molecular formula is C6H7NO. The van der Waals surface area contributed by atoms with Crippen molar-refractivity contribution >= 4 is 5.91 Å². The van der Waals surface area contributed by atoms with E-state index < -0.39 is 0 Å². The van der Waals surface area contributed by atoms with Crippen molar-refractivity contribution in [1.29, 1.82) is 0 Å². The number of hydrogen-bond donors (Lipinski definition) is 1. The first kappa shape index (κ1) is 5.09. The molecule has 0 atom stereocenters. The van der Waals surface area contributed by atoms with Gasteiger partial charge in [-0.2, -0.15) is 0 Å². The molecule has 0 aromatic rings. The zero-order chi connectivity index (χ0) is 5.98. The molecule has 0 aromatic heterocycles. The van der Waals surface area contributed by atoms with E-state index in [1.807, 2.05) is 0 Å². The summed E-state index contributed by atoms with van der Waals surface area (Å²) >= 11 is 0. The summed E-state index contributed by atoms with van der Waals surface area (Å²) in [6, 6.07) is 0. The zero-order valence-electron chi connectivity index (χ0n) is 4.48. The normalized spacial score (nSPS) is 16.0. The molecule has 0 bridgehead atoms. The first-order valence-corrected chi connectivity index (χ1v) is 2.45. The minimum Gasteiger partial charge on any atom is -0.328 e. The van der Waals surface area contributed by atoms with Crippen LogP contribution in [0.25, 0.3) is 0 Å². The minimum absolute atomic E-state index is 0.0323. The van der Waals surface area contributed by atoms with Crippen LogP contribution >= 0.6 is 0 Å². The lowest BCUT2D eigenvalue weighted by molar-refractivity contribution is -0.118. The molecule has 0 saturated heterocycles. The molecule has 1 aliphatic heterocycles. The Hall–Kier alpha value is -1.05. The largest absolute Gasteiger partial charge is 0.328 e. The molecular weight excluding hydrogens is 102 g/mol. The van der Waals surface area contributed by atoms with E-state index in [0.29, 0.717) is 6.42 Å². The van der Waals surface area contributed by atoms with Crippen LogP contribution in [0.3, 0.4) is 0 Å². The molecule has 8 heavy (non-hydrogen) atoms. The van der Waals surface area contributed by atoms with E-state index >= 15 is 0 Å². The Labute approximate surface area is 47.9 Å². The topological polar surface area (TPSA) is 29.1 Å². The van der Waals surface area contributed by atoms with E-state index in [9.17, 15) is 4.79 Å². The molecule has 0 saturated carbocycles. The van der Waals surface area contributed by atoms with Crippen molar-refractivity contribution < 1.29 is 4.79 Å². The Bertz CT molecular complexity index is 158. The van der Waals surface area contributed by atoms with Gasteiger partial charge in [0, 0.05) is 11.8 Å². The summed E-state index contributed by atoms with van der Waals surface area (Å²) in [6.07, 6.45) is 4.10. The molecule has 0 radical (unpaired) electrons. The third kappa shape index (κ3) is 0.644. The Kier molecular flexibility index (Phi) is 1.16. The Morgan fingerprint density at radius 1 is 1.88 bits per heavy atom. The summed E-state index contributed by atoms with van der Waals surface area (Å²) in [4.78, 5) is 10.4. The maximum absolute atomic E-state index is 10.4. The van der Waals surface area contributed by atoms with Gasteiger partial charge in [0.1, 0.15) is 0 Å². The maximum atomic E-state index is 10.4. The quantitative estimate of drug-likeness (QED) is 0.516. The summed E-state index contributed by atoms with van der Waals surface area (Å²) in [7, 11) is 0. The van der Waals surface area contributed by atoms with Crippen molar-refractivity contribution in [3.63, 3.8) is 0 Å². The average Bonchev–Trinajstić information content (AvgIpc) is 1.79. The molecule has 1 rings (SSSR count). The van der Waals surface area contributed by atoms with Crippen LogP contribution in [-0.2, 0) is 4.79 Å². The van der Waals surface area contributed by atoms with Crippen LogP contribution in [0.4, 0.5) is 0 Å². The number of carbonyl (C=O) groups is 1. The van der Waals surface area contributed by atoms with Gasteiger partial charge in [-0.05, 0) is 6.42 Å². The predicted molar refractivity (Wildman–Crippen MR) is 31.0 cm³/mol. The fourth-order valence-electron chi connectivity index (χ4n) is 0.540. The highest BCUT2D eigenvalue weighted by molar-refractivity contribution is 5.99. The molecule has 42 valence electrons. The molecule has 0 unspecified atom stereocenters. The van der Waals surface area contributed by atoms with Gasteiger partial charge in [-0.25, -0.2) is 0 Å². The summed E-state index contributed by atoms with van der Waals surface area (Å²) in [6.45, 7) is 3.50. The van der Waals surface area contributed by atoms with Crippen LogP contribution in [0.15, 0.2) is 24.4 Å². The van der Waals surface area contributed by atoms with E-state index in [1.54, 1.807) is 12.3 Å². The van der Waals surface area contributed by atoms with Gasteiger partial charge in [0.15, 0.2) is 0 Å². The first-order chi connectivity index (χ1) is 3.84. The van der Waals surface area contributed by atoms with Crippen LogP contribution < -0.4 is 5.32 Å². The van der Waals surface area contributed by atoms with Gasteiger partial charge in [-0.1, -0.05) is 6.08 Å². The van der Waals surface area contributed by atoms with E-state index in [-0.39, 0.29) is 5.91 Å². The standard InChI is InChI=1S/C6H7NO/c1-2-3-5-4-7-6(5)8/h2,4H,1,3H2,(H,7,8). The monoisotopic (exact) mass is 109 g/mol. The van der Waals surface area contributed by atoms with Gasteiger partial charge in [-0.3, -0.25) is 4.79 Å². The lowest BCUT2D eigenvalue weighted by Crippen LogP contribution is -2.29. The number of allylic oxidation sites excluding steroid dienone is 1. The average molecular weight is 109 g/mol. The summed E-state index contributed by atoms with van der Waals surface area (Å²) in [5.74, 6) is 0.0323.